The van der Waals surface area contributed by atoms with Crippen LogP contribution < -0.4 is 0 Å². The van der Waals surface area contributed by atoms with Gasteiger partial charge in [-0.25, -0.2) is 14.3 Å². The molecular weight excluding hydrogens is 278 g/mol. The lowest BCUT2D eigenvalue weighted by Crippen LogP contribution is -2.04. The van der Waals surface area contributed by atoms with Crippen LogP contribution in [-0.4, -0.2) is 27.7 Å². The van der Waals surface area contributed by atoms with Crippen molar-refractivity contribution in [1.82, 2.24) is 14.6 Å². The van der Waals surface area contributed by atoms with Crippen molar-refractivity contribution in [2.45, 2.75) is 19.8 Å². The largest absolute Gasteiger partial charge is 0.465 e. The molecule has 0 spiro atoms. The van der Waals surface area contributed by atoms with Gasteiger partial charge in [-0.1, -0.05) is 38.1 Å². The lowest BCUT2D eigenvalue weighted by Gasteiger charge is -2.09. The number of nitrogens with zero attached hydrogens (tertiary/aromatic N) is 3. The van der Waals surface area contributed by atoms with Gasteiger partial charge in [-0.15, -0.1) is 5.10 Å². The van der Waals surface area contributed by atoms with Crippen molar-refractivity contribution in [3.05, 3.63) is 53.7 Å². The van der Waals surface area contributed by atoms with Gasteiger partial charge >= 0.3 is 5.97 Å². The van der Waals surface area contributed by atoms with Crippen molar-refractivity contribution in [3.8, 4) is 11.4 Å². The minimum Gasteiger partial charge on any atom is -0.465 e. The van der Waals surface area contributed by atoms with Crippen LogP contribution in [0.3, 0.4) is 0 Å². The Hall–Kier alpha value is -2.69. The zero-order valence-electron chi connectivity index (χ0n) is 12.8. The van der Waals surface area contributed by atoms with E-state index in [2.05, 4.69) is 30.0 Å². The summed E-state index contributed by atoms with van der Waals surface area (Å²) >= 11 is 0. The van der Waals surface area contributed by atoms with Crippen LogP contribution in [0, 0.1) is 0 Å². The molecule has 0 aliphatic rings. The van der Waals surface area contributed by atoms with Crippen LogP contribution >= 0.6 is 0 Å². The number of fused-ring (bicyclic) bond motifs is 1. The summed E-state index contributed by atoms with van der Waals surface area (Å²) in [5.74, 6) is 0.560. The zero-order chi connectivity index (χ0) is 15.7. The third-order valence-electron chi connectivity index (χ3n) is 3.59. The molecule has 0 aliphatic heterocycles. The molecule has 0 saturated heterocycles. The lowest BCUT2D eigenvalue weighted by atomic mass is 9.97. The highest BCUT2D eigenvalue weighted by molar-refractivity contribution is 5.95. The van der Waals surface area contributed by atoms with E-state index in [1.165, 1.54) is 12.7 Å². The molecule has 22 heavy (non-hydrogen) atoms. The van der Waals surface area contributed by atoms with Crippen molar-refractivity contribution in [2.75, 3.05) is 7.11 Å². The monoisotopic (exact) mass is 295 g/mol. The minimum absolute atomic E-state index is 0.364. The Morgan fingerprint density at radius 1 is 1.18 bits per heavy atom. The van der Waals surface area contributed by atoms with Gasteiger partial charge in [0.1, 0.15) is 5.56 Å². The van der Waals surface area contributed by atoms with Crippen LogP contribution in [0.1, 0.15) is 35.7 Å². The normalized spacial score (nSPS) is 11.1. The Bertz CT molecular complexity index is 837. The maximum absolute atomic E-state index is 11.8. The molecule has 2 aromatic heterocycles. The Kier molecular flexibility index (Phi) is 3.63. The first-order chi connectivity index (χ1) is 10.6. The number of benzene rings is 1. The molecule has 3 aromatic rings. The molecule has 112 valence electrons. The first-order valence-corrected chi connectivity index (χ1v) is 7.15. The van der Waals surface area contributed by atoms with Crippen molar-refractivity contribution in [2.24, 2.45) is 0 Å². The molecular formula is C17H17N3O2. The molecule has 5 nitrogen and oxygen atoms in total. The smallest absolute Gasteiger partial charge is 0.341 e. The Morgan fingerprint density at radius 3 is 2.68 bits per heavy atom. The number of hydrogen-bond donors (Lipinski definition) is 0. The molecule has 0 radical (unpaired) electrons. The molecule has 0 atom stereocenters. The third kappa shape index (κ3) is 2.35. The molecule has 0 fully saturated rings. The van der Waals surface area contributed by atoms with Crippen LogP contribution in [0.5, 0.6) is 0 Å². The maximum atomic E-state index is 11.8. The number of aromatic nitrogens is 3. The number of esters is 1. The zero-order valence-corrected chi connectivity index (χ0v) is 12.8. The maximum Gasteiger partial charge on any atom is 0.341 e. The van der Waals surface area contributed by atoms with Gasteiger partial charge in [0, 0.05) is 11.8 Å². The summed E-state index contributed by atoms with van der Waals surface area (Å²) < 4.78 is 6.41. The van der Waals surface area contributed by atoms with Crippen molar-refractivity contribution in [3.63, 3.8) is 0 Å². The van der Waals surface area contributed by atoms with E-state index >= 15 is 0 Å². The van der Waals surface area contributed by atoms with Gasteiger partial charge in [-0.3, -0.25) is 0 Å². The van der Waals surface area contributed by atoms with E-state index in [0.29, 0.717) is 23.0 Å². The molecule has 1 aromatic carbocycles. The van der Waals surface area contributed by atoms with Crippen molar-refractivity contribution < 1.29 is 9.53 Å². The van der Waals surface area contributed by atoms with Crippen molar-refractivity contribution >= 4 is 11.6 Å². The van der Waals surface area contributed by atoms with Gasteiger partial charge in [-0.2, -0.15) is 0 Å². The summed E-state index contributed by atoms with van der Waals surface area (Å²) in [6.07, 6.45) is 1.77. The second-order valence-electron chi connectivity index (χ2n) is 5.36. The van der Waals surface area contributed by atoms with Crippen molar-refractivity contribution in [1.29, 1.82) is 0 Å². The Balaban J connectivity index is 2.20. The van der Waals surface area contributed by atoms with Crippen LogP contribution in [0.2, 0.25) is 0 Å². The Labute approximate surface area is 128 Å². The van der Waals surface area contributed by atoms with Gasteiger partial charge < -0.3 is 4.74 Å². The first-order valence-electron chi connectivity index (χ1n) is 7.15. The fourth-order valence-corrected chi connectivity index (χ4v) is 2.49. The molecule has 2 heterocycles. The van der Waals surface area contributed by atoms with Gasteiger partial charge in [0.15, 0.2) is 11.5 Å². The highest BCUT2D eigenvalue weighted by Gasteiger charge is 2.17. The van der Waals surface area contributed by atoms with Gasteiger partial charge in [-0.05, 0) is 23.6 Å². The second kappa shape index (κ2) is 5.60. The summed E-state index contributed by atoms with van der Waals surface area (Å²) in [5.41, 5.74) is 3.07. The van der Waals surface area contributed by atoms with Gasteiger partial charge in [0.2, 0.25) is 0 Å². The van der Waals surface area contributed by atoms with Crippen LogP contribution in [0.25, 0.3) is 17.0 Å². The average molecular weight is 295 g/mol. The lowest BCUT2D eigenvalue weighted by molar-refractivity contribution is 0.0602. The predicted molar refractivity (Wildman–Crippen MR) is 83.9 cm³/mol. The standard InChI is InChI=1S/C17H17N3O2/c1-11(2)12-7-4-5-8-13(12)15-18-16-14(17(21)22-3)9-6-10-20(16)19-15/h4-11H,1-3H3. The molecule has 0 bridgehead atoms. The van der Waals surface area contributed by atoms with E-state index < -0.39 is 5.97 Å². The molecule has 0 saturated carbocycles. The van der Waals surface area contributed by atoms with E-state index in [1.807, 2.05) is 18.2 Å². The molecule has 0 amide bonds. The van der Waals surface area contributed by atoms with Crippen LogP contribution in [-0.2, 0) is 4.74 Å². The third-order valence-corrected chi connectivity index (χ3v) is 3.59. The van der Waals surface area contributed by atoms with E-state index in [1.54, 1.807) is 22.8 Å². The van der Waals surface area contributed by atoms with E-state index in [4.69, 9.17) is 4.74 Å². The van der Waals surface area contributed by atoms with Gasteiger partial charge in [0.25, 0.3) is 0 Å². The summed E-state index contributed by atoms with van der Waals surface area (Å²) in [7, 11) is 1.36. The number of carbonyl (C=O) groups excluding carboxylic acids is 1. The van der Waals surface area contributed by atoms with Crippen LogP contribution in [0.4, 0.5) is 0 Å². The summed E-state index contributed by atoms with van der Waals surface area (Å²) in [4.78, 5) is 16.4. The fourth-order valence-electron chi connectivity index (χ4n) is 2.49. The molecule has 0 aliphatic carbocycles. The quantitative estimate of drug-likeness (QED) is 0.696. The summed E-state index contributed by atoms with van der Waals surface area (Å²) in [5, 5.41) is 4.50. The van der Waals surface area contributed by atoms with E-state index in [9.17, 15) is 4.79 Å². The topological polar surface area (TPSA) is 56.5 Å². The first kappa shape index (κ1) is 14.3. The molecule has 0 N–H and O–H groups in total. The average Bonchev–Trinajstić information content (AvgIpc) is 2.97. The minimum atomic E-state index is -0.415. The molecule has 5 heteroatoms. The number of methoxy groups -OCH3 is 1. The Morgan fingerprint density at radius 2 is 1.95 bits per heavy atom. The predicted octanol–water partition coefficient (Wildman–Crippen LogP) is 3.31. The van der Waals surface area contributed by atoms with Gasteiger partial charge in [0.05, 0.1) is 7.11 Å². The van der Waals surface area contributed by atoms with Crippen LogP contribution in [0.15, 0.2) is 42.6 Å². The molecule has 3 rings (SSSR count). The number of ether oxygens (including phenoxy) is 1. The number of rotatable bonds is 3. The van der Waals surface area contributed by atoms with E-state index in [-0.39, 0.29) is 0 Å². The SMILES string of the molecule is COC(=O)c1cccn2nc(-c3ccccc3C(C)C)nc12. The number of hydrogen-bond acceptors (Lipinski definition) is 4. The summed E-state index contributed by atoms with van der Waals surface area (Å²) in [6.45, 7) is 4.27. The fraction of sp³-hybridized carbons (Fsp3) is 0.235. The number of carbonyl (C=O) groups is 1. The number of pyridine rings is 1. The second-order valence-corrected chi connectivity index (χ2v) is 5.36. The molecule has 0 unspecified atom stereocenters. The highest BCUT2D eigenvalue weighted by atomic mass is 16.5. The van der Waals surface area contributed by atoms with E-state index in [0.717, 1.165) is 5.56 Å². The highest BCUT2D eigenvalue weighted by Crippen LogP contribution is 2.27. The summed E-state index contributed by atoms with van der Waals surface area (Å²) in [6, 6.07) is 11.5.